The molecule has 1 aromatic carbocycles. The van der Waals surface area contributed by atoms with Crippen molar-refractivity contribution < 1.29 is 18.0 Å². The number of aromatic nitrogens is 2. The summed E-state index contributed by atoms with van der Waals surface area (Å²) >= 11 is 0. The van der Waals surface area contributed by atoms with E-state index in [0.717, 1.165) is 10.2 Å². The van der Waals surface area contributed by atoms with E-state index in [1.54, 1.807) is 6.07 Å². The van der Waals surface area contributed by atoms with Gasteiger partial charge in [0.1, 0.15) is 5.82 Å². The minimum atomic E-state index is -4.36. The highest BCUT2D eigenvalue weighted by Gasteiger charge is 2.48. The first-order chi connectivity index (χ1) is 15.0. The van der Waals surface area contributed by atoms with Crippen molar-refractivity contribution in [2.45, 2.75) is 70.6 Å². The molecular formula is C24H31F3N4O. The van der Waals surface area contributed by atoms with Crippen LogP contribution in [0.25, 0.3) is 0 Å². The Morgan fingerprint density at radius 3 is 2.56 bits per heavy atom. The van der Waals surface area contributed by atoms with E-state index in [2.05, 4.69) is 10.4 Å². The molecule has 1 N–H and O–H groups in total. The number of hydrogen-bond donors (Lipinski definition) is 1. The molecule has 1 amide bonds. The molecule has 0 saturated carbocycles. The van der Waals surface area contributed by atoms with Crippen LogP contribution in [0.15, 0.2) is 36.4 Å². The summed E-state index contributed by atoms with van der Waals surface area (Å²) < 4.78 is 42.6. The summed E-state index contributed by atoms with van der Waals surface area (Å²) in [5.41, 5.74) is 1.44. The van der Waals surface area contributed by atoms with Gasteiger partial charge in [-0.2, -0.15) is 18.3 Å². The molecule has 0 spiro atoms. The lowest BCUT2D eigenvalue weighted by Crippen LogP contribution is -2.44. The maximum atomic E-state index is 13.8. The van der Waals surface area contributed by atoms with Crippen LogP contribution >= 0.6 is 0 Å². The third kappa shape index (κ3) is 4.79. The average Bonchev–Trinajstić information content (AvgIpc) is 3.37. The lowest BCUT2D eigenvalue weighted by atomic mass is 9.82. The highest BCUT2D eigenvalue weighted by Crippen LogP contribution is 2.44. The van der Waals surface area contributed by atoms with Gasteiger partial charge in [-0.15, -0.1) is 0 Å². The van der Waals surface area contributed by atoms with Gasteiger partial charge >= 0.3 is 6.18 Å². The number of fused-ring (bicyclic) bond motifs is 1. The molecule has 2 aliphatic rings. The molecular weight excluding hydrogens is 417 g/mol. The molecule has 2 aromatic rings. The molecule has 0 aliphatic carbocycles. The van der Waals surface area contributed by atoms with Crippen LogP contribution in [0, 0.1) is 5.41 Å². The highest BCUT2D eigenvalue weighted by atomic mass is 19.4. The van der Waals surface area contributed by atoms with Gasteiger partial charge in [-0.1, -0.05) is 51.1 Å². The van der Waals surface area contributed by atoms with Gasteiger partial charge in [-0.3, -0.25) is 4.79 Å². The van der Waals surface area contributed by atoms with Crippen molar-refractivity contribution in [3.05, 3.63) is 47.7 Å². The number of carbonyl (C=O) groups is 1. The summed E-state index contributed by atoms with van der Waals surface area (Å²) in [5, 5.41) is 7.66. The van der Waals surface area contributed by atoms with E-state index in [-0.39, 0.29) is 29.7 Å². The van der Waals surface area contributed by atoms with Crippen molar-refractivity contribution in [3.63, 3.8) is 0 Å². The molecule has 0 unspecified atom stereocenters. The van der Waals surface area contributed by atoms with E-state index in [1.807, 2.05) is 56.0 Å². The molecule has 4 rings (SSSR count). The standard InChI is InChI=1S/C24H31F3N4O/c1-23(2,3)19-14-20(24(25,26)27)31-21(28-19)13-18(29-31)17-11-12-30(15-17)22(32)10-9-16-7-5-4-6-8-16/h4-8,13,17,19-20,28H,9-12,14-15H2,1-3H3/t17-,19+,20+/m1/s1. The first kappa shape index (κ1) is 22.7. The van der Waals surface area contributed by atoms with Crippen molar-refractivity contribution in [1.29, 1.82) is 0 Å². The third-order valence-electron chi connectivity index (χ3n) is 6.68. The van der Waals surface area contributed by atoms with Crippen LogP contribution in [-0.2, 0) is 11.2 Å². The van der Waals surface area contributed by atoms with E-state index in [9.17, 15) is 18.0 Å². The molecule has 0 bridgehead atoms. The number of hydrogen-bond acceptors (Lipinski definition) is 3. The van der Waals surface area contributed by atoms with E-state index in [1.165, 1.54) is 0 Å². The summed E-state index contributed by atoms with van der Waals surface area (Å²) in [4.78, 5) is 14.5. The van der Waals surface area contributed by atoms with Gasteiger partial charge in [0.2, 0.25) is 5.91 Å². The Morgan fingerprint density at radius 1 is 1.19 bits per heavy atom. The van der Waals surface area contributed by atoms with Crippen LogP contribution in [0.5, 0.6) is 0 Å². The number of anilines is 1. The quantitative estimate of drug-likeness (QED) is 0.703. The Hall–Kier alpha value is -2.51. The molecule has 1 saturated heterocycles. The Morgan fingerprint density at radius 2 is 1.91 bits per heavy atom. The Balaban J connectivity index is 1.45. The highest BCUT2D eigenvalue weighted by molar-refractivity contribution is 5.76. The van der Waals surface area contributed by atoms with E-state index in [0.29, 0.717) is 43.9 Å². The van der Waals surface area contributed by atoms with Gasteiger partial charge in [0, 0.05) is 37.5 Å². The summed E-state index contributed by atoms with van der Waals surface area (Å²) in [6.45, 7) is 6.95. The molecule has 3 atom stereocenters. The normalized spacial score (nSPS) is 23.7. The van der Waals surface area contributed by atoms with E-state index >= 15 is 0 Å². The fourth-order valence-corrected chi connectivity index (χ4v) is 4.64. The van der Waals surface area contributed by atoms with Crippen molar-refractivity contribution in [2.24, 2.45) is 5.41 Å². The summed E-state index contributed by atoms with van der Waals surface area (Å²) in [5.74, 6) is 0.458. The van der Waals surface area contributed by atoms with Gasteiger partial charge in [0.25, 0.3) is 0 Å². The number of nitrogens with one attached hydrogen (secondary N) is 1. The molecule has 32 heavy (non-hydrogen) atoms. The number of amides is 1. The van der Waals surface area contributed by atoms with Crippen molar-refractivity contribution in [2.75, 3.05) is 18.4 Å². The van der Waals surface area contributed by atoms with Crippen LogP contribution in [0.1, 0.15) is 63.3 Å². The molecule has 2 aliphatic heterocycles. The van der Waals surface area contributed by atoms with Crippen LogP contribution in [0.4, 0.5) is 19.0 Å². The van der Waals surface area contributed by atoms with Crippen molar-refractivity contribution in [1.82, 2.24) is 14.7 Å². The summed E-state index contributed by atoms with van der Waals surface area (Å²) in [7, 11) is 0. The second-order valence-electron chi connectivity index (χ2n) is 10.1. The minimum absolute atomic E-state index is 0.0439. The Bertz CT molecular complexity index is 948. The Kier molecular flexibility index (Phi) is 5.98. The van der Waals surface area contributed by atoms with Crippen LogP contribution in [0.3, 0.4) is 0 Å². The summed E-state index contributed by atoms with van der Waals surface area (Å²) in [6, 6.07) is 9.68. The topological polar surface area (TPSA) is 50.2 Å². The zero-order chi connectivity index (χ0) is 23.1. The SMILES string of the molecule is CC(C)(C)[C@@H]1C[C@@H](C(F)(F)F)n2nc([C@@H]3CCN(C(=O)CCc4ccccc4)C3)cc2N1. The number of benzene rings is 1. The molecule has 0 radical (unpaired) electrons. The molecule has 1 aromatic heterocycles. The fourth-order valence-electron chi connectivity index (χ4n) is 4.64. The van der Waals surface area contributed by atoms with Crippen molar-refractivity contribution in [3.8, 4) is 0 Å². The lowest BCUT2D eigenvalue weighted by molar-refractivity contribution is -0.175. The van der Waals surface area contributed by atoms with Gasteiger partial charge < -0.3 is 10.2 Å². The average molecular weight is 449 g/mol. The first-order valence-electron chi connectivity index (χ1n) is 11.3. The zero-order valence-corrected chi connectivity index (χ0v) is 18.8. The van der Waals surface area contributed by atoms with Gasteiger partial charge in [-0.25, -0.2) is 4.68 Å². The number of carbonyl (C=O) groups excluding carboxylic acids is 1. The third-order valence-corrected chi connectivity index (χ3v) is 6.68. The summed E-state index contributed by atoms with van der Waals surface area (Å²) in [6.07, 6.45) is -2.58. The Labute approximate surface area is 187 Å². The second-order valence-corrected chi connectivity index (χ2v) is 10.1. The number of likely N-dealkylation sites (tertiary alicyclic amines) is 1. The van der Waals surface area contributed by atoms with Crippen LogP contribution in [0.2, 0.25) is 0 Å². The molecule has 8 heteroatoms. The number of halogens is 3. The monoisotopic (exact) mass is 448 g/mol. The number of aryl methyl sites for hydroxylation is 1. The van der Waals surface area contributed by atoms with Gasteiger partial charge in [-0.05, 0) is 30.2 Å². The molecule has 174 valence electrons. The van der Waals surface area contributed by atoms with E-state index in [4.69, 9.17) is 0 Å². The maximum absolute atomic E-state index is 13.8. The van der Waals surface area contributed by atoms with Crippen LogP contribution in [-0.4, -0.2) is 45.9 Å². The molecule has 3 heterocycles. The number of alkyl halides is 3. The molecule has 1 fully saturated rings. The second kappa shape index (κ2) is 8.45. The van der Waals surface area contributed by atoms with Crippen molar-refractivity contribution >= 4 is 11.7 Å². The van der Waals surface area contributed by atoms with E-state index < -0.39 is 12.2 Å². The fraction of sp³-hybridized carbons (Fsp3) is 0.583. The first-order valence-corrected chi connectivity index (χ1v) is 11.3. The smallest absolute Gasteiger partial charge is 0.367 e. The maximum Gasteiger partial charge on any atom is 0.410 e. The zero-order valence-electron chi connectivity index (χ0n) is 18.8. The largest absolute Gasteiger partial charge is 0.410 e. The number of rotatable bonds is 4. The van der Waals surface area contributed by atoms with Crippen LogP contribution < -0.4 is 5.32 Å². The lowest BCUT2D eigenvalue weighted by Gasteiger charge is -2.39. The number of nitrogens with zero attached hydrogens (tertiary/aromatic N) is 3. The molecule has 5 nitrogen and oxygen atoms in total. The van der Waals surface area contributed by atoms with Gasteiger partial charge in [0.05, 0.1) is 5.69 Å². The predicted octanol–water partition coefficient (Wildman–Crippen LogP) is 5.17. The predicted molar refractivity (Wildman–Crippen MR) is 118 cm³/mol. The minimum Gasteiger partial charge on any atom is -0.367 e. The van der Waals surface area contributed by atoms with Gasteiger partial charge in [0.15, 0.2) is 6.04 Å².